The highest BCUT2D eigenvalue weighted by atomic mass is 32.1. The molecule has 25 heavy (non-hydrogen) atoms. The number of thiazole rings is 1. The van der Waals surface area contributed by atoms with Gasteiger partial charge < -0.3 is 14.6 Å². The first kappa shape index (κ1) is 15.6. The molecular formula is C18H16N4O2S. The number of Topliss-reactive ketones (excluding diaryl/α,β-unsaturated/α-hetero) is 1. The van der Waals surface area contributed by atoms with Crippen LogP contribution in [0.15, 0.2) is 36.7 Å². The van der Waals surface area contributed by atoms with Crippen molar-refractivity contribution in [1.29, 1.82) is 0 Å². The van der Waals surface area contributed by atoms with Gasteiger partial charge in [-0.2, -0.15) is 0 Å². The maximum Gasteiger partial charge on any atom is 0.188 e. The Hall–Kier alpha value is -2.93. The second kappa shape index (κ2) is 5.86. The van der Waals surface area contributed by atoms with Crippen LogP contribution in [0, 0.1) is 0 Å². The van der Waals surface area contributed by atoms with Gasteiger partial charge in [0.15, 0.2) is 10.9 Å². The predicted molar refractivity (Wildman–Crippen MR) is 100 cm³/mol. The molecule has 2 aromatic heterocycles. The summed E-state index contributed by atoms with van der Waals surface area (Å²) in [5, 5.41) is 4.04. The van der Waals surface area contributed by atoms with Crippen LogP contribution in [0.25, 0.3) is 21.3 Å². The number of rotatable bonds is 4. The Morgan fingerprint density at radius 3 is 2.84 bits per heavy atom. The van der Waals surface area contributed by atoms with Crippen LogP contribution in [-0.4, -0.2) is 27.4 Å². The number of methoxy groups -OCH3 is 1. The summed E-state index contributed by atoms with van der Waals surface area (Å²) in [5.41, 5.74) is 4.20. The molecule has 0 spiro atoms. The topological polar surface area (TPSA) is 69.0 Å². The number of carbonyl (C=O) groups is 1. The third-order valence-corrected chi connectivity index (χ3v) is 5.04. The first-order valence-corrected chi connectivity index (χ1v) is 8.55. The number of hydrogen-bond acceptors (Lipinski definition) is 6. The van der Waals surface area contributed by atoms with Gasteiger partial charge in [0.05, 0.1) is 29.3 Å². The number of ether oxygens (including phenoxy) is 1. The molecule has 0 radical (unpaired) electrons. The molecule has 6 nitrogen and oxygen atoms in total. The minimum absolute atomic E-state index is 0.00220. The molecule has 0 atom stereocenters. The van der Waals surface area contributed by atoms with E-state index in [1.54, 1.807) is 36.9 Å². The first-order valence-electron chi connectivity index (χ1n) is 7.73. The van der Waals surface area contributed by atoms with Crippen molar-refractivity contribution in [3.05, 3.63) is 42.2 Å². The summed E-state index contributed by atoms with van der Waals surface area (Å²) < 4.78 is 8.44. The van der Waals surface area contributed by atoms with Crippen molar-refractivity contribution in [1.82, 2.24) is 14.5 Å². The number of benzene rings is 2. The molecule has 126 valence electrons. The molecule has 0 saturated carbocycles. The lowest BCUT2D eigenvalue weighted by Gasteiger charge is -2.10. The van der Waals surface area contributed by atoms with Crippen LogP contribution in [0.2, 0.25) is 0 Å². The van der Waals surface area contributed by atoms with Crippen molar-refractivity contribution in [2.75, 3.05) is 12.4 Å². The highest BCUT2D eigenvalue weighted by Gasteiger charge is 2.13. The summed E-state index contributed by atoms with van der Waals surface area (Å²) in [7, 11) is 3.55. The van der Waals surface area contributed by atoms with E-state index in [0.717, 1.165) is 32.1 Å². The summed E-state index contributed by atoms with van der Waals surface area (Å²) in [6.07, 6.45) is 1.79. The van der Waals surface area contributed by atoms with Crippen LogP contribution >= 0.6 is 11.3 Å². The summed E-state index contributed by atoms with van der Waals surface area (Å²) in [4.78, 5) is 20.7. The van der Waals surface area contributed by atoms with E-state index in [1.807, 2.05) is 17.7 Å². The lowest BCUT2D eigenvalue weighted by molar-refractivity contribution is 0.101. The van der Waals surface area contributed by atoms with Crippen molar-refractivity contribution in [2.24, 2.45) is 7.05 Å². The predicted octanol–water partition coefficient (Wildman–Crippen LogP) is 4.14. The number of aryl methyl sites for hydroxylation is 1. The van der Waals surface area contributed by atoms with Crippen molar-refractivity contribution >= 4 is 49.2 Å². The fourth-order valence-corrected chi connectivity index (χ4v) is 3.65. The second-order valence-electron chi connectivity index (χ2n) is 5.75. The quantitative estimate of drug-likeness (QED) is 0.559. The molecule has 0 aliphatic rings. The fraction of sp³-hybridized carbons (Fsp3) is 0.167. The van der Waals surface area contributed by atoms with E-state index in [2.05, 4.69) is 22.4 Å². The Labute approximate surface area is 148 Å². The molecular weight excluding hydrogens is 336 g/mol. The Morgan fingerprint density at radius 1 is 1.24 bits per heavy atom. The van der Waals surface area contributed by atoms with Crippen molar-refractivity contribution in [3.8, 4) is 5.75 Å². The Bertz CT molecular complexity index is 1110. The van der Waals surface area contributed by atoms with Crippen molar-refractivity contribution < 1.29 is 9.53 Å². The maximum absolute atomic E-state index is 11.5. The average molecular weight is 352 g/mol. The first-order chi connectivity index (χ1) is 12.1. The summed E-state index contributed by atoms with van der Waals surface area (Å²) in [5.74, 6) is 0.609. The van der Waals surface area contributed by atoms with Crippen molar-refractivity contribution in [3.63, 3.8) is 0 Å². The van der Waals surface area contributed by atoms with Crippen LogP contribution in [0.1, 0.15) is 17.3 Å². The molecule has 2 heterocycles. The van der Waals surface area contributed by atoms with Crippen LogP contribution in [-0.2, 0) is 7.05 Å². The zero-order valence-electron chi connectivity index (χ0n) is 14.0. The number of imidazole rings is 1. The molecule has 0 aliphatic heterocycles. The SMILES string of the molecule is COc1cc(C(C)=O)ccc1Nc1nc2c(ccc3c2ncn3C)s1. The van der Waals surface area contributed by atoms with E-state index in [9.17, 15) is 4.79 Å². The molecule has 2 aromatic carbocycles. The number of fused-ring (bicyclic) bond motifs is 3. The van der Waals surface area contributed by atoms with Crippen molar-refractivity contribution in [2.45, 2.75) is 6.92 Å². The molecule has 0 unspecified atom stereocenters. The minimum Gasteiger partial charge on any atom is -0.495 e. The van der Waals surface area contributed by atoms with Gasteiger partial charge >= 0.3 is 0 Å². The molecule has 0 saturated heterocycles. The van der Waals surface area contributed by atoms with Gasteiger partial charge in [-0.15, -0.1) is 0 Å². The second-order valence-corrected chi connectivity index (χ2v) is 6.78. The van der Waals surface area contributed by atoms with E-state index in [1.165, 1.54) is 6.92 Å². The van der Waals surface area contributed by atoms with Gasteiger partial charge in [-0.25, -0.2) is 9.97 Å². The molecule has 7 heteroatoms. The Morgan fingerprint density at radius 2 is 2.08 bits per heavy atom. The normalized spacial score (nSPS) is 11.2. The van der Waals surface area contributed by atoms with Gasteiger partial charge in [-0.3, -0.25) is 4.79 Å². The smallest absolute Gasteiger partial charge is 0.188 e. The summed E-state index contributed by atoms with van der Waals surface area (Å²) >= 11 is 1.55. The number of ketones is 1. The average Bonchev–Trinajstić information content (AvgIpc) is 3.18. The third-order valence-electron chi connectivity index (χ3n) is 4.10. The summed E-state index contributed by atoms with van der Waals surface area (Å²) in [6.45, 7) is 1.54. The van der Waals surface area contributed by atoms with E-state index in [0.29, 0.717) is 11.3 Å². The maximum atomic E-state index is 11.5. The molecule has 1 N–H and O–H groups in total. The van der Waals surface area contributed by atoms with E-state index in [4.69, 9.17) is 9.72 Å². The highest BCUT2D eigenvalue weighted by molar-refractivity contribution is 7.22. The lowest BCUT2D eigenvalue weighted by Crippen LogP contribution is -1.98. The van der Waals surface area contributed by atoms with Gasteiger partial charge in [0.2, 0.25) is 0 Å². The molecule has 0 amide bonds. The standard InChI is InChI=1S/C18H16N4O2S/c1-10(23)11-4-5-12(14(8-11)24-3)20-18-21-17-15(25-18)7-6-13-16(17)19-9-22(13)2/h4-9H,1-3H3,(H,20,21). The monoisotopic (exact) mass is 352 g/mol. The van der Waals surface area contributed by atoms with Gasteiger partial charge in [0.25, 0.3) is 0 Å². The van der Waals surface area contributed by atoms with Gasteiger partial charge in [0.1, 0.15) is 16.8 Å². The zero-order valence-corrected chi connectivity index (χ0v) is 14.8. The lowest BCUT2D eigenvalue weighted by atomic mass is 10.1. The number of anilines is 2. The molecule has 0 aliphatic carbocycles. The van der Waals surface area contributed by atoms with Crippen LogP contribution in [0.4, 0.5) is 10.8 Å². The van der Waals surface area contributed by atoms with Gasteiger partial charge in [-0.1, -0.05) is 11.3 Å². The minimum atomic E-state index is 0.00220. The molecule has 4 aromatic rings. The largest absolute Gasteiger partial charge is 0.495 e. The number of nitrogens with zero attached hydrogens (tertiary/aromatic N) is 3. The number of carbonyl (C=O) groups excluding carboxylic acids is 1. The molecule has 4 rings (SSSR count). The number of hydrogen-bond donors (Lipinski definition) is 1. The fourth-order valence-electron chi connectivity index (χ4n) is 2.77. The van der Waals surface area contributed by atoms with Crippen LogP contribution in [0.3, 0.4) is 0 Å². The van der Waals surface area contributed by atoms with Crippen LogP contribution < -0.4 is 10.1 Å². The number of nitrogens with one attached hydrogen (secondary N) is 1. The van der Waals surface area contributed by atoms with Crippen LogP contribution in [0.5, 0.6) is 5.75 Å². The Kier molecular flexibility index (Phi) is 3.65. The number of aromatic nitrogens is 3. The summed E-state index contributed by atoms with van der Waals surface area (Å²) in [6, 6.07) is 9.44. The third kappa shape index (κ3) is 2.62. The van der Waals surface area contributed by atoms with E-state index < -0.39 is 0 Å². The van der Waals surface area contributed by atoms with Gasteiger partial charge in [-0.05, 0) is 37.3 Å². The van der Waals surface area contributed by atoms with E-state index >= 15 is 0 Å². The van der Waals surface area contributed by atoms with Gasteiger partial charge in [0, 0.05) is 12.6 Å². The molecule has 0 bridgehead atoms. The highest BCUT2D eigenvalue weighted by Crippen LogP contribution is 2.35. The molecule has 0 fully saturated rings. The Balaban J connectivity index is 1.76. The zero-order chi connectivity index (χ0) is 17.6. The van der Waals surface area contributed by atoms with E-state index in [-0.39, 0.29) is 5.78 Å².